The van der Waals surface area contributed by atoms with Crippen molar-refractivity contribution in [1.82, 2.24) is 5.32 Å². The maximum absolute atomic E-state index is 12.3. The standard InChI is InChI=1S/C27H47N7O18/c1-5-27(46,4-35)20(24(48-5)50-18-8(34-26(30)31)11(37)7(33-25(28)29)12(38)15(18)41)52-22-9(32-2)13(39)10(36)6(49-22)3-47-23-17(43)14(40)16(42)19(51-23)21(44)45/h4-20,22-24,32,36-43,46H,3H2,1-2H3,(H,44,45)(H4,28,29,33)(H4,30,31,34)/t5-,6-,7+,8-,9-,10-,11+,12-,13-,14?,15+,16?,17?,18+,19?,20-,22-,23?,24-,27+/m0/s1. The molecule has 0 aromatic carbocycles. The number of aliphatic carboxylic acids is 1. The van der Waals surface area contributed by atoms with Gasteiger partial charge >= 0.3 is 5.97 Å². The van der Waals surface area contributed by atoms with Crippen LogP contribution in [0.15, 0.2) is 9.98 Å². The second-order valence-electron chi connectivity index (χ2n) is 12.8. The van der Waals surface area contributed by atoms with E-state index in [1.807, 2.05) is 0 Å². The summed E-state index contributed by atoms with van der Waals surface area (Å²) in [5.74, 6) is -2.83. The van der Waals surface area contributed by atoms with Gasteiger partial charge in [0.15, 0.2) is 48.8 Å². The van der Waals surface area contributed by atoms with Gasteiger partial charge in [-0.05, 0) is 14.0 Å². The van der Waals surface area contributed by atoms with Crippen molar-refractivity contribution >= 4 is 24.2 Å². The molecule has 3 saturated heterocycles. The Morgan fingerprint density at radius 1 is 0.769 bits per heavy atom. The Kier molecular flexibility index (Phi) is 13.3. The van der Waals surface area contributed by atoms with E-state index < -0.39 is 146 Å². The summed E-state index contributed by atoms with van der Waals surface area (Å²) in [5.41, 5.74) is 19.4. The number of likely N-dealkylation sites (N-methyl/N-ethyl adjacent to an activating group) is 1. The summed E-state index contributed by atoms with van der Waals surface area (Å²) in [6.07, 6.45) is -29.1. The summed E-state index contributed by atoms with van der Waals surface area (Å²) in [5, 5.41) is 108. The van der Waals surface area contributed by atoms with E-state index in [-0.39, 0.29) is 6.29 Å². The van der Waals surface area contributed by atoms with Crippen LogP contribution in [-0.2, 0) is 38.0 Å². The predicted molar refractivity (Wildman–Crippen MR) is 166 cm³/mol. The maximum atomic E-state index is 12.3. The molecule has 25 heteroatoms. The van der Waals surface area contributed by atoms with Crippen LogP contribution >= 0.6 is 0 Å². The number of hydrogen-bond donors (Lipinski definition) is 15. The van der Waals surface area contributed by atoms with Crippen molar-refractivity contribution < 1.29 is 89.1 Å². The Balaban J connectivity index is 1.60. The number of aliphatic hydroxyl groups is 9. The van der Waals surface area contributed by atoms with E-state index in [9.17, 15) is 60.7 Å². The fourth-order valence-electron chi connectivity index (χ4n) is 6.45. The minimum Gasteiger partial charge on any atom is -0.479 e. The van der Waals surface area contributed by atoms with Gasteiger partial charge in [-0.25, -0.2) is 14.8 Å². The molecule has 19 N–H and O–H groups in total. The number of ether oxygens (including phenoxy) is 6. The van der Waals surface area contributed by atoms with E-state index in [2.05, 4.69) is 15.3 Å². The van der Waals surface area contributed by atoms with Crippen molar-refractivity contribution in [2.24, 2.45) is 32.9 Å². The minimum absolute atomic E-state index is 0.0679. The van der Waals surface area contributed by atoms with Crippen molar-refractivity contribution in [1.29, 1.82) is 0 Å². The lowest BCUT2D eigenvalue weighted by atomic mass is 9.81. The molecule has 25 nitrogen and oxygen atoms in total. The lowest BCUT2D eigenvalue weighted by molar-refractivity contribution is -0.331. The fourth-order valence-corrected chi connectivity index (χ4v) is 6.45. The number of aldehydes is 1. The molecule has 0 bridgehead atoms. The number of aliphatic imine (C=N–C) groups is 2. The Bertz CT molecular complexity index is 1310. The summed E-state index contributed by atoms with van der Waals surface area (Å²) < 4.78 is 33.9. The molecular formula is C27H47N7O18. The van der Waals surface area contributed by atoms with Crippen LogP contribution in [0, 0.1) is 0 Å². The van der Waals surface area contributed by atoms with Crippen molar-refractivity contribution in [3.8, 4) is 0 Å². The first-order valence-electron chi connectivity index (χ1n) is 15.9. The van der Waals surface area contributed by atoms with Crippen LogP contribution in [0.2, 0.25) is 0 Å². The predicted octanol–water partition coefficient (Wildman–Crippen LogP) is -10.2. The zero-order valence-corrected chi connectivity index (χ0v) is 27.7. The lowest BCUT2D eigenvalue weighted by Gasteiger charge is -2.46. The van der Waals surface area contributed by atoms with Crippen LogP contribution in [-0.4, -0.2) is 211 Å². The summed E-state index contributed by atoms with van der Waals surface area (Å²) >= 11 is 0. The van der Waals surface area contributed by atoms with Gasteiger partial charge in [-0.15, -0.1) is 0 Å². The van der Waals surface area contributed by atoms with Crippen molar-refractivity contribution in [3.05, 3.63) is 0 Å². The highest BCUT2D eigenvalue weighted by Crippen LogP contribution is 2.39. The summed E-state index contributed by atoms with van der Waals surface area (Å²) in [4.78, 5) is 31.4. The molecule has 298 valence electrons. The Morgan fingerprint density at radius 2 is 1.38 bits per heavy atom. The molecule has 0 radical (unpaired) electrons. The van der Waals surface area contributed by atoms with Gasteiger partial charge in [-0.3, -0.25) is 4.79 Å². The smallest absolute Gasteiger partial charge is 0.335 e. The zero-order chi connectivity index (χ0) is 39.0. The maximum Gasteiger partial charge on any atom is 0.335 e. The van der Waals surface area contributed by atoms with Crippen LogP contribution in [0.1, 0.15) is 6.92 Å². The van der Waals surface area contributed by atoms with Gasteiger partial charge in [-0.1, -0.05) is 0 Å². The highest BCUT2D eigenvalue weighted by Gasteiger charge is 2.61. The first-order valence-corrected chi connectivity index (χ1v) is 15.9. The van der Waals surface area contributed by atoms with Gasteiger partial charge in [0, 0.05) is 0 Å². The van der Waals surface area contributed by atoms with Crippen LogP contribution in [0.3, 0.4) is 0 Å². The number of carbonyl (C=O) groups is 2. The third-order valence-corrected chi connectivity index (χ3v) is 9.39. The van der Waals surface area contributed by atoms with Gasteiger partial charge in [0.1, 0.15) is 79.2 Å². The average molecular weight is 758 g/mol. The Morgan fingerprint density at radius 3 is 1.94 bits per heavy atom. The summed E-state index contributed by atoms with van der Waals surface area (Å²) in [6.45, 7) is 0.497. The van der Waals surface area contributed by atoms with E-state index >= 15 is 0 Å². The van der Waals surface area contributed by atoms with Gasteiger partial charge in [0.2, 0.25) is 0 Å². The van der Waals surface area contributed by atoms with E-state index in [0.29, 0.717) is 0 Å². The third-order valence-electron chi connectivity index (χ3n) is 9.39. The van der Waals surface area contributed by atoms with Gasteiger partial charge < -0.3 is 108 Å². The normalized spacial score (nSPS) is 48.1. The molecule has 0 spiro atoms. The second kappa shape index (κ2) is 16.6. The van der Waals surface area contributed by atoms with Gasteiger partial charge in [-0.2, -0.15) is 0 Å². The van der Waals surface area contributed by atoms with Crippen molar-refractivity contribution in [2.75, 3.05) is 13.7 Å². The Hall–Kier alpha value is -2.96. The number of carboxylic acid groups (broad SMARTS) is 1. The molecule has 1 aliphatic carbocycles. The molecule has 4 aliphatic rings. The monoisotopic (exact) mass is 757 g/mol. The number of nitrogens with two attached hydrogens (primary N) is 4. The molecule has 4 fully saturated rings. The minimum atomic E-state index is -2.54. The van der Waals surface area contributed by atoms with E-state index in [0.717, 1.165) is 0 Å². The molecular weight excluding hydrogens is 710 g/mol. The highest BCUT2D eigenvalue weighted by molar-refractivity contribution is 5.76. The van der Waals surface area contributed by atoms with Crippen molar-refractivity contribution in [2.45, 2.75) is 129 Å². The molecule has 1 saturated carbocycles. The number of nitrogens with one attached hydrogen (secondary N) is 1. The van der Waals surface area contributed by atoms with E-state index in [1.165, 1.54) is 14.0 Å². The molecule has 3 heterocycles. The topological polar surface area (TPSA) is 433 Å². The number of nitrogens with zero attached hydrogens (tertiary/aromatic N) is 2. The van der Waals surface area contributed by atoms with Gasteiger partial charge in [0.05, 0.1) is 18.8 Å². The number of aliphatic hydroxyl groups excluding tert-OH is 8. The third kappa shape index (κ3) is 8.09. The largest absolute Gasteiger partial charge is 0.479 e. The quantitative estimate of drug-likeness (QED) is 0.0499. The first kappa shape index (κ1) is 41.8. The SMILES string of the molecule is CN[C@@H]1[C@H](O[C@H]2[C@H](O[C@H]3[C@H](O)[C@@H](O)[C@H](N=C(N)N)[C@@H](O)[C@@H]3N=C(N)N)O[C@@H](C)[C@]2(O)C=O)O[C@@H](COC2OC(C(=O)O)C(O)C(O)C2O)[C@H](O)[C@H]1O. The van der Waals surface area contributed by atoms with Gasteiger partial charge in [0.25, 0.3) is 0 Å². The molecule has 52 heavy (non-hydrogen) atoms. The van der Waals surface area contributed by atoms with Crippen LogP contribution < -0.4 is 28.3 Å². The molecule has 0 aromatic rings. The Labute approximate surface area is 294 Å². The fraction of sp³-hybridized carbons (Fsp3) is 0.852. The first-order chi connectivity index (χ1) is 24.3. The summed E-state index contributed by atoms with van der Waals surface area (Å²) in [6, 6.07) is -4.45. The van der Waals surface area contributed by atoms with Crippen LogP contribution in [0.4, 0.5) is 0 Å². The number of carbonyl (C=O) groups excluding carboxylic acids is 1. The lowest BCUT2D eigenvalue weighted by Crippen LogP contribution is -2.67. The van der Waals surface area contributed by atoms with Crippen LogP contribution in [0.25, 0.3) is 0 Å². The molecule has 5 unspecified atom stereocenters. The van der Waals surface area contributed by atoms with Crippen molar-refractivity contribution in [3.63, 3.8) is 0 Å². The number of guanidine groups is 2. The molecule has 0 aromatic heterocycles. The number of carboxylic acids is 1. The zero-order valence-electron chi connectivity index (χ0n) is 27.7. The average Bonchev–Trinajstić information content (AvgIpc) is 3.31. The van der Waals surface area contributed by atoms with Crippen LogP contribution in [0.5, 0.6) is 0 Å². The second-order valence-corrected chi connectivity index (χ2v) is 12.8. The van der Waals surface area contributed by atoms with E-state index in [1.54, 1.807) is 0 Å². The molecule has 4 rings (SSSR count). The molecule has 20 atom stereocenters. The van der Waals surface area contributed by atoms with E-state index in [4.69, 9.17) is 51.4 Å². The number of hydrogen-bond acceptors (Lipinski definition) is 20. The number of rotatable bonds is 12. The molecule has 0 amide bonds. The highest BCUT2D eigenvalue weighted by atomic mass is 16.8. The summed E-state index contributed by atoms with van der Waals surface area (Å²) in [7, 11) is 1.34. The molecule has 3 aliphatic heterocycles.